The molecule has 0 unspecified atom stereocenters. The van der Waals surface area contributed by atoms with Crippen LogP contribution in [0.2, 0.25) is 10.0 Å². The average Bonchev–Trinajstić information content (AvgIpc) is 2.46. The lowest BCUT2D eigenvalue weighted by molar-refractivity contribution is 0.584. The quantitative estimate of drug-likeness (QED) is 0.738. The number of benzene rings is 2. The Balaban J connectivity index is 2.85. The zero-order valence-electron chi connectivity index (χ0n) is 11.0. The van der Waals surface area contributed by atoms with Crippen LogP contribution < -0.4 is 0 Å². The molecule has 0 aliphatic heterocycles. The number of halogens is 2. The van der Waals surface area contributed by atoms with Crippen LogP contribution in [0.4, 0.5) is 0 Å². The molecule has 0 saturated carbocycles. The van der Waals surface area contributed by atoms with E-state index in [1.165, 1.54) is 12.1 Å². The lowest BCUT2D eigenvalue weighted by atomic mass is 10.3. The Labute approximate surface area is 145 Å². The molecule has 0 heterocycles. The van der Waals surface area contributed by atoms with Crippen LogP contribution in [0.3, 0.4) is 0 Å². The minimum absolute atomic E-state index is 0.0318. The largest absolute Gasteiger partial charge is 0.227 e. The molecule has 0 bridgehead atoms. The maximum Gasteiger partial charge on any atom is 0.209 e. The second-order valence-corrected chi connectivity index (χ2v) is 8.99. The van der Waals surface area contributed by atoms with E-state index < -0.39 is 50.8 Å². The summed E-state index contributed by atoms with van der Waals surface area (Å²) in [6.07, 6.45) is 0. The summed E-state index contributed by atoms with van der Waals surface area (Å²) in [5.41, 5.74) is 0. The van der Waals surface area contributed by atoms with Gasteiger partial charge in [0.15, 0.2) is 21.4 Å². The molecular formula is C12H8Cl2O6S3. The summed E-state index contributed by atoms with van der Waals surface area (Å²) in [5.74, 6) is 0. The zero-order chi connectivity index (χ0) is 17.4. The van der Waals surface area contributed by atoms with E-state index in [0.717, 1.165) is 24.3 Å². The predicted molar refractivity (Wildman–Crippen MR) is 85.5 cm³/mol. The van der Waals surface area contributed by atoms with Crippen molar-refractivity contribution in [2.75, 3.05) is 0 Å². The maximum atomic E-state index is 12.7. The fraction of sp³-hybridized carbons (Fsp3) is 0. The summed E-state index contributed by atoms with van der Waals surface area (Å²) in [7, 11) is -10.9. The topological polar surface area (TPSA) is 102 Å². The van der Waals surface area contributed by atoms with Crippen molar-refractivity contribution in [1.82, 2.24) is 0 Å². The Bertz CT molecular complexity index is 945. The van der Waals surface area contributed by atoms with Crippen molar-refractivity contribution < 1.29 is 25.3 Å². The smallest absolute Gasteiger partial charge is 0.209 e. The molecule has 0 radical (unpaired) electrons. The first-order valence-corrected chi connectivity index (χ1v) is 10.4. The number of hydrogen-bond donors (Lipinski definition) is 2. The summed E-state index contributed by atoms with van der Waals surface area (Å²) in [6, 6.07) is 6.37. The van der Waals surface area contributed by atoms with E-state index in [-0.39, 0.29) is 10.0 Å². The lowest BCUT2D eigenvalue weighted by Gasteiger charge is -2.09. The van der Waals surface area contributed by atoms with E-state index in [0.29, 0.717) is 0 Å². The van der Waals surface area contributed by atoms with Crippen LogP contribution in [0.25, 0.3) is 0 Å². The summed E-state index contributed by atoms with van der Waals surface area (Å²) in [5, 5.41) is 0.0637. The second-order valence-electron chi connectivity index (χ2n) is 4.24. The first-order valence-electron chi connectivity index (χ1n) is 5.77. The molecule has 124 valence electrons. The Kier molecular flexibility index (Phi) is 5.37. The SMILES string of the molecule is O=[SH](=O)c1cc(Cl)ccc1S(=O)(=O)c1ccc(Cl)cc1[SH](=O)=O. The van der Waals surface area contributed by atoms with Gasteiger partial charge >= 0.3 is 0 Å². The Hall–Kier alpha value is -1.13. The molecule has 0 saturated heterocycles. The highest BCUT2D eigenvalue weighted by atomic mass is 35.5. The summed E-state index contributed by atoms with van der Waals surface area (Å²) >= 11 is 11.4. The van der Waals surface area contributed by atoms with Gasteiger partial charge in [-0.3, -0.25) is 0 Å². The Morgan fingerprint density at radius 3 is 1.35 bits per heavy atom. The zero-order valence-corrected chi connectivity index (χ0v) is 15.1. The molecular weight excluding hydrogens is 407 g/mol. The fourth-order valence-corrected chi connectivity index (χ4v) is 5.90. The van der Waals surface area contributed by atoms with Gasteiger partial charge in [-0.2, -0.15) is 0 Å². The van der Waals surface area contributed by atoms with Crippen molar-refractivity contribution in [1.29, 1.82) is 0 Å². The van der Waals surface area contributed by atoms with E-state index in [9.17, 15) is 25.3 Å². The van der Waals surface area contributed by atoms with Gasteiger partial charge in [0.1, 0.15) is 0 Å². The number of thiol groups is 2. The van der Waals surface area contributed by atoms with Gasteiger partial charge in [-0.1, -0.05) is 23.2 Å². The van der Waals surface area contributed by atoms with E-state index in [4.69, 9.17) is 23.2 Å². The number of hydrogen-bond acceptors (Lipinski definition) is 6. The molecule has 2 rings (SSSR count). The highest BCUT2D eigenvalue weighted by Crippen LogP contribution is 2.31. The molecule has 0 amide bonds. The van der Waals surface area contributed by atoms with Crippen molar-refractivity contribution in [3.63, 3.8) is 0 Å². The molecule has 0 fully saturated rings. The van der Waals surface area contributed by atoms with Gasteiger partial charge < -0.3 is 0 Å². The Morgan fingerprint density at radius 2 is 1.04 bits per heavy atom. The van der Waals surface area contributed by atoms with Gasteiger partial charge in [-0.05, 0) is 36.4 Å². The third kappa shape index (κ3) is 3.69. The molecule has 23 heavy (non-hydrogen) atoms. The van der Waals surface area contributed by atoms with E-state index >= 15 is 0 Å². The monoisotopic (exact) mass is 414 g/mol. The minimum atomic E-state index is -4.41. The van der Waals surface area contributed by atoms with Crippen LogP contribution in [0, 0.1) is 0 Å². The van der Waals surface area contributed by atoms with Crippen LogP contribution in [0.15, 0.2) is 56.0 Å². The minimum Gasteiger partial charge on any atom is -0.227 e. The first-order chi connectivity index (χ1) is 10.6. The molecule has 11 heteroatoms. The van der Waals surface area contributed by atoms with Gasteiger partial charge in [0.2, 0.25) is 9.84 Å². The van der Waals surface area contributed by atoms with Gasteiger partial charge in [-0.15, -0.1) is 0 Å². The molecule has 2 aromatic carbocycles. The van der Waals surface area contributed by atoms with Crippen molar-refractivity contribution in [3.8, 4) is 0 Å². The lowest BCUT2D eigenvalue weighted by Crippen LogP contribution is -2.08. The predicted octanol–water partition coefficient (Wildman–Crippen LogP) is 1.77. The van der Waals surface area contributed by atoms with Crippen molar-refractivity contribution in [2.24, 2.45) is 0 Å². The third-order valence-corrected chi connectivity index (χ3v) is 6.98. The summed E-state index contributed by atoms with van der Waals surface area (Å²) in [4.78, 5) is -2.15. The highest BCUT2D eigenvalue weighted by Gasteiger charge is 2.26. The van der Waals surface area contributed by atoms with Crippen molar-refractivity contribution >= 4 is 54.4 Å². The van der Waals surface area contributed by atoms with Gasteiger partial charge in [0, 0.05) is 10.0 Å². The second kappa shape index (κ2) is 6.78. The molecule has 0 N–H and O–H groups in total. The van der Waals surface area contributed by atoms with Crippen LogP contribution in [-0.2, 0) is 31.2 Å². The van der Waals surface area contributed by atoms with Crippen LogP contribution >= 0.6 is 23.2 Å². The highest BCUT2D eigenvalue weighted by molar-refractivity contribution is 7.92. The molecule has 2 aromatic rings. The van der Waals surface area contributed by atoms with Gasteiger partial charge in [0.25, 0.3) is 0 Å². The van der Waals surface area contributed by atoms with E-state index in [2.05, 4.69) is 0 Å². The molecule has 6 nitrogen and oxygen atoms in total. The van der Waals surface area contributed by atoms with E-state index in [1.807, 2.05) is 0 Å². The van der Waals surface area contributed by atoms with Gasteiger partial charge in [-0.25, -0.2) is 25.3 Å². The van der Waals surface area contributed by atoms with Crippen LogP contribution in [0.1, 0.15) is 0 Å². The molecule has 0 aliphatic carbocycles. The molecule has 0 aliphatic rings. The Morgan fingerprint density at radius 1 is 0.696 bits per heavy atom. The molecule has 0 atom stereocenters. The fourth-order valence-electron chi connectivity index (χ4n) is 1.84. The first kappa shape index (κ1) is 18.2. The van der Waals surface area contributed by atoms with E-state index in [1.54, 1.807) is 0 Å². The average molecular weight is 415 g/mol. The van der Waals surface area contributed by atoms with Crippen LogP contribution in [-0.4, -0.2) is 25.3 Å². The van der Waals surface area contributed by atoms with Crippen molar-refractivity contribution in [2.45, 2.75) is 19.6 Å². The molecule has 0 aromatic heterocycles. The maximum absolute atomic E-state index is 12.7. The van der Waals surface area contributed by atoms with Crippen molar-refractivity contribution in [3.05, 3.63) is 46.4 Å². The number of sulfone groups is 1. The summed E-state index contributed by atoms with van der Waals surface area (Å²) in [6.45, 7) is 0. The molecule has 0 spiro atoms. The van der Waals surface area contributed by atoms with Crippen LogP contribution in [0.5, 0.6) is 0 Å². The normalized spacial score (nSPS) is 12.0. The summed E-state index contributed by atoms with van der Waals surface area (Å²) < 4.78 is 70.6. The van der Waals surface area contributed by atoms with Gasteiger partial charge in [0.05, 0.1) is 19.6 Å². The third-order valence-electron chi connectivity index (χ3n) is 2.81. The standard InChI is InChI=1S/C12H8Cl2O6S3/c13-7-1-3-11(9(5-7)21(15)16)23(19,20)12-4-2-8(14)6-10(12)22(17)18/h1-6,21-22H. The number of rotatable bonds is 4.